The second kappa shape index (κ2) is 9.75. The molecule has 176 valence electrons. The van der Waals surface area contributed by atoms with Gasteiger partial charge in [-0.25, -0.2) is 4.79 Å². The number of aryl methyl sites for hydroxylation is 2. The standard InChI is InChI=1S/C21H27N7O3S2/c1-5-14-25-26-20(33-14)22-13(29)10-32-18-15-17(27(3)21(31)28(4)19(15)30)23-16(24-18)12-8-6-7-11(2)9-12/h6-9,15-18,23-24H,5,10H2,1-4H3,(H,22,26,29). The Morgan fingerprint density at radius 1 is 1.24 bits per heavy atom. The Labute approximate surface area is 200 Å². The van der Waals surface area contributed by atoms with Crippen LogP contribution in [0.25, 0.3) is 0 Å². The summed E-state index contributed by atoms with van der Waals surface area (Å²) in [6.07, 6.45) is -0.0238. The van der Waals surface area contributed by atoms with Crippen molar-refractivity contribution in [1.82, 2.24) is 30.6 Å². The van der Waals surface area contributed by atoms with E-state index in [2.05, 4.69) is 32.2 Å². The van der Waals surface area contributed by atoms with Crippen LogP contribution in [0.3, 0.4) is 0 Å². The van der Waals surface area contributed by atoms with E-state index in [1.807, 2.05) is 32.0 Å². The summed E-state index contributed by atoms with van der Waals surface area (Å²) in [5.74, 6) is -0.925. The number of carbonyl (C=O) groups excluding carboxylic acids is 3. The number of urea groups is 1. The molecule has 0 aliphatic carbocycles. The molecule has 3 heterocycles. The molecule has 2 aromatic rings. The smallest absolute Gasteiger partial charge is 0.311 e. The van der Waals surface area contributed by atoms with Gasteiger partial charge >= 0.3 is 6.03 Å². The predicted octanol–water partition coefficient (Wildman–Crippen LogP) is 1.76. The Morgan fingerprint density at radius 3 is 2.73 bits per heavy atom. The SMILES string of the molecule is CCc1nnc(NC(=O)CSC2NC(c3cccc(C)c3)NC3C2C(=O)N(C)C(=O)N3C)s1. The number of amides is 4. The van der Waals surface area contributed by atoms with E-state index in [1.165, 1.54) is 30.1 Å². The molecular weight excluding hydrogens is 462 g/mol. The van der Waals surface area contributed by atoms with Gasteiger partial charge in [0, 0.05) is 14.1 Å². The lowest BCUT2D eigenvalue weighted by atomic mass is 9.95. The van der Waals surface area contributed by atoms with Crippen LogP contribution in [0.5, 0.6) is 0 Å². The van der Waals surface area contributed by atoms with E-state index in [9.17, 15) is 14.4 Å². The van der Waals surface area contributed by atoms with E-state index in [1.54, 1.807) is 11.9 Å². The topological polar surface area (TPSA) is 120 Å². The molecular formula is C21H27N7O3S2. The van der Waals surface area contributed by atoms with Gasteiger partial charge in [0.2, 0.25) is 16.9 Å². The molecule has 12 heteroatoms. The highest BCUT2D eigenvalue weighted by Crippen LogP contribution is 2.34. The summed E-state index contributed by atoms with van der Waals surface area (Å²) in [6.45, 7) is 3.99. The van der Waals surface area contributed by atoms with E-state index < -0.39 is 17.5 Å². The molecule has 1 aromatic carbocycles. The molecule has 2 saturated heterocycles. The minimum Gasteiger partial charge on any atom is -0.311 e. The molecule has 33 heavy (non-hydrogen) atoms. The molecule has 0 saturated carbocycles. The van der Waals surface area contributed by atoms with Crippen molar-refractivity contribution in [2.75, 3.05) is 25.2 Å². The Morgan fingerprint density at radius 2 is 2.03 bits per heavy atom. The van der Waals surface area contributed by atoms with Crippen molar-refractivity contribution in [2.24, 2.45) is 5.92 Å². The Hall–Kier alpha value is -2.54. The zero-order valence-electron chi connectivity index (χ0n) is 18.9. The molecule has 0 radical (unpaired) electrons. The average Bonchev–Trinajstić information content (AvgIpc) is 3.26. The van der Waals surface area contributed by atoms with Crippen molar-refractivity contribution < 1.29 is 14.4 Å². The van der Waals surface area contributed by atoms with Crippen LogP contribution in [0.4, 0.5) is 9.93 Å². The number of rotatable bonds is 6. The van der Waals surface area contributed by atoms with Gasteiger partial charge in [-0.3, -0.25) is 30.4 Å². The minimum atomic E-state index is -0.551. The van der Waals surface area contributed by atoms with Crippen LogP contribution in [0.2, 0.25) is 0 Å². The molecule has 4 rings (SSSR count). The number of thioether (sulfide) groups is 1. The average molecular weight is 490 g/mol. The largest absolute Gasteiger partial charge is 0.327 e. The number of nitrogens with one attached hydrogen (secondary N) is 3. The zero-order valence-corrected chi connectivity index (χ0v) is 20.5. The lowest BCUT2D eigenvalue weighted by molar-refractivity contribution is -0.140. The summed E-state index contributed by atoms with van der Waals surface area (Å²) in [5, 5.41) is 18.6. The zero-order chi connectivity index (χ0) is 23.7. The molecule has 3 N–H and O–H groups in total. The van der Waals surface area contributed by atoms with Crippen LogP contribution in [0.1, 0.15) is 29.2 Å². The first-order chi connectivity index (χ1) is 15.8. The van der Waals surface area contributed by atoms with Gasteiger partial charge in [0.15, 0.2) is 0 Å². The predicted molar refractivity (Wildman–Crippen MR) is 128 cm³/mol. The summed E-state index contributed by atoms with van der Waals surface area (Å²) in [4.78, 5) is 40.9. The van der Waals surface area contributed by atoms with Gasteiger partial charge in [0.1, 0.15) is 5.01 Å². The molecule has 2 fully saturated rings. The van der Waals surface area contributed by atoms with E-state index in [4.69, 9.17) is 0 Å². The van der Waals surface area contributed by atoms with Gasteiger partial charge in [-0.05, 0) is 18.9 Å². The van der Waals surface area contributed by atoms with Crippen LogP contribution in [0, 0.1) is 12.8 Å². The number of hydrogen-bond donors (Lipinski definition) is 3. The Bertz CT molecular complexity index is 1060. The van der Waals surface area contributed by atoms with Crippen molar-refractivity contribution >= 4 is 46.1 Å². The Kier molecular flexibility index (Phi) is 6.98. The number of aromatic nitrogens is 2. The van der Waals surface area contributed by atoms with E-state index in [-0.39, 0.29) is 29.8 Å². The third kappa shape index (κ3) is 4.88. The molecule has 2 aliphatic rings. The van der Waals surface area contributed by atoms with E-state index in [0.717, 1.165) is 27.5 Å². The van der Waals surface area contributed by atoms with Crippen LogP contribution in [-0.4, -0.2) is 69.2 Å². The number of carbonyl (C=O) groups is 3. The molecule has 0 spiro atoms. The number of hydrogen-bond acceptors (Lipinski definition) is 9. The number of nitrogens with zero attached hydrogens (tertiary/aromatic N) is 4. The highest BCUT2D eigenvalue weighted by Gasteiger charge is 2.51. The van der Waals surface area contributed by atoms with Crippen molar-refractivity contribution in [3.63, 3.8) is 0 Å². The van der Waals surface area contributed by atoms with Gasteiger partial charge in [-0.15, -0.1) is 22.0 Å². The number of benzene rings is 1. The second-order valence-electron chi connectivity index (χ2n) is 8.08. The number of fused-ring (bicyclic) bond motifs is 1. The maximum absolute atomic E-state index is 13.1. The molecule has 10 nitrogen and oxygen atoms in total. The van der Waals surface area contributed by atoms with Gasteiger partial charge in [-0.2, -0.15) is 0 Å². The van der Waals surface area contributed by atoms with Gasteiger partial charge in [0.25, 0.3) is 0 Å². The van der Waals surface area contributed by atoms with Crippen molar-refractivity contribution in [2.45, 2.75) is 38.0 Å². The maximum atomic E-state index is 13.1. The third-order valence-electron chi connectivity index (χ3n) is 5.74. The van der Waals surface area contributed by atoms with E-state index in [0.29, 0.717) is 5.13 Å². The molecule has 4 unspecified atom stereocenters. The quantitative estimate of drug-likeness (QED) is 0.562. The normalized spacial score (nSPS) is 25.2. The second-order valence-corrected chi connectivity index (χ2v) is 10.3. The fourth-order valence-electron chi connectivity index (χ4n) is 4.01. The van der Waals surface area contributed by atoms with Crippen LogP contribution < -0.4 is 16.0 Å². The fraction of sp³-hybridized carbons (Fsp3) is 0.476. The van der Waals surface area contributed by atoms with E-state index >= 15 is 0 Å². The minimum absolute atomic E-state index is 0.122. The summed E-state index contributed by atoms with van der Waals surface area (Å²) >= 11 is 2.69. The lowest BCUT2D eigenvalue weighted by Gasteiger charge is -2.50. The molecule has 2 aliphatic heterocycles. The fourth-order valence-corrected chi connectivity index (χ4v) is 5.81. The highest BCUT2D eigenvalue weighted by atomic mass is 32.2. The molecule has 0 bridgehead atoms. The molecule has 1 aromatic heterocycles. The first-order valence-corrected chi connectivity index (χ1v) is 12.5. The summed E-state index contributed by atoms with van der Waals surface area (Å²) in [5.41, 5.74) is 2.10. The van der Waals surface area contributed by atoms with Crippen LogP contribution in [0.15, 0.2) is 24.3 Å². The number of imide groups is 1. The first kappa shape index (κ1) is 23.6. The van der Waals surface area contributed by atoms with Crippen LogP contribution in [-0.2, 0) is 16.0 Å². The summed E-state index contributed by atoms with van der Waals surface area (Å²) < 4.78 is 0. The Balaban J connectivity index is 1.53. The van der Waals surface area contributed by atoms with Crippen molar-refractivity contribution in [3.05, 3.63) is 40.4 Å². The van der Waals surface area contributed by atoms with Gasteiger partial charge in [-0.1, -0.05) is 48.1 Å². The third-order valence-corrected chi connectivity index (χ3v) is 7.94. The monoisotopic (exact) mass is 489 g/mol. The van der Waals surface area contributed by atoms with Gasteiger partial charge in [0.05, 0.1) is 29.4 Å². The summed E-state index contributed by atoms with van der Waals surface area (Å²) in [6, 6.07) is 7.67. The van der Waals surface area contributed by atoms with Crippen molar-refractivity contribution in [1.29, 1.82) is 0 Å². The molecule has 4 atom stereocenters. The molecule has 4 amide bonds. The highest BCUT2D eigenvalue weighted by molar-refractivity contribution is 8.00. The summed E-state index contributed by atoms with van der Waals surface area (Å²) in [7, 11) is 3.17. The maximum Gasteiger partial charge on any atom is 0.327 e. The number of anilines is 1. The van der Waals surface area contributed by atoms with Crippen LogP contribution >= 0.6 is 23.1 Å². The van der Waals surface area contributed by atoms with Crippen molar-refractivity contribution in [3.8, 4) is 0 Å². The van der Waals surface area contributed by atoms with Gasteiger partial charge < -0.3 is 4.90 Å². The first-order valence-electron chi connectivity index (χ1n) is 10.6. The lowest BCUT2D eigenvalue weighted by Crippen LogP contribution is -2.72.